The molecule has 2 aromatic rings. The number of pyridine rings is 2. The zero-order valence-electron chi connectivity index (χ0n) is 9.87. The highest BCUT2D eigenvalue weighted by Crippen LogP contribution is 1.96. The second kappa shape index (κ2) is 5.67. The fourth-order valence-corrected chi connectivity index (χ4v) is 1.35. The number of carbonyl (C=O) groups is 1. The Balaban J connectivity index is 1.98. The van der Waals surface area contributed by atoms with Gasteiger partial charge in [0, 0.05) is 18.1 Å². The maximum Gasteiger partial charge on any atom is 0.272 e. The van der Waals surface area contributed by atoms with Crippen molar-refractivity contribution < 1.29 is 4.79 Å². The van der Waals surface area contributed by atoms with Crippen molar-refractivity contribution in [3.8, 4) is 0 Å². The van der Waals surface area contributed by atoms with E-state index < -0.39 is 0 Å². The van der Waals surface area contributed by atoms with Crippen LogP contribution in [0.3, 0.4) is 0 Å². The molecule has 2 heterocycles. The summed E-state index contributed by atoms with van der Waals surface area (Å²) in [4.78, 5) is 19.7. The Bertz CT molecular complexity index is 566. The Morgan fingerprint density at radius 3 is 2.94 bits per heavy atom. The van der Waals surface area contributed by atoms with E-state index in [9.17, 15) is 4.79 Å². The minimum atomic E-state index is -0.299. The van der Waals surface area contributed by atoms with Crippen molar-refractivity contribution in [2.75, 3.05) is 0 Å². The van der Waals surface area contributed by atoms with Crippen molar-refractivity contribution >= 4 is 12.1 Å². The Morgan fingerprint density at radius 1 is 1.33 bits per heavy atom. The van der Waals surface area contributed by atoms with Crippen LogP contribution in [0.5, 0.6) is 0 Å². The lowest BCUT2D eigenvalue weighted by Gasteiger charge is -1.98. The van der Waals surface area contributed by atoms with Gasteiger partial charge in [0.2, 0.25) is 0 Å². The number of hydrogen-bond acceptors (Lipinski definition) is 4. The van der Waals surface area contributed by atoms with Gasteiger partial charge in [0.15, 0.2) is 0 Å². The minimum Gasteiger partial charge on any atom is -0.267 e. The second-order valence-corrected chi connectivity index (χ2v) is 3.64. The monoisotopic (exact) mass is 240 g/mol. The smallest absolute Gasteiger partial charge is 0.267 e. The Hall–Kier alpha value is -2.56. The van der Waals surface area contributed by atoms with Gasteiger partial charge in [0.05, 0.1) is 17.5 Å². The van der Waals surface area contributed by atoms with E-state index in [0.29, 0.717) is 11.3 Å². The van der Waals surface area contributed by atoms with E-state index >= 15 is 0 Å². The first-order chi connectivity index (χ1) is 8.75. The molecule has 5 nitrogen and oxygen atoms in total. The molecule has 1 amide bonds. The van der Waals surface area contributed by atoms with Gasteiger partial charge in [-0.05, 0) is 31.2 Å². The lowest BCUT2D eigenvalue weighted by Crippen LogP contribution is -2.17. The highest BCUT2D eigenvalue weighted by molar-refractivity contribution is 5.94. The summed E-state index contributed by atoms with van der Waals surface area (Å²) in [6.45, 7) is 1.89. The van der Waals surface area contributed by atoms with Gasteiger partial charge in [-0.3, -0.25) is 14.8 Å². The number of carbonyl (C=O) groups excluding carboxylic acids is 1. The van der Waals surface area contributed by atoms with Crippen LogP contribution >= 0.6 is 0 Å². The highest BCUT2D eigenvalue weighted by atomic mass is 16.2. The van der Waals surface area contributed by atoms with E-state index in [1.807, 2.05) is 25.1 Å². The van der Waals surface area contributed by atoms with Gasteiger partial charge < -0.3 is 0 Å². The third-order valence-corrected chi connectivity index (χ3v) is 2.20. The van der Waals surface area contributed by atoms with Crippen molar-refractivity contribution in [1.82, 2.24) is 15.4 Å². The molecular formula is C13H12N4O. The van der Waals surface area contributed by atoms with Crippen molar-refractivity contribution in [2.45, 2.75) is 6.92 Å². The third kappa shape index (κ3) is 3.21. The molecule has 0 fully saturated rings. The number of rotatable bonds is 3. The van der Waals surface area contributed by atoms with Crippen molar-refractivity contribution in [3.63, 3.8) is 0 Å². The molecule has 0 bridgehead atoms. The molecule has 0 saturated carbocycles. The molecule has 0 aliphatic rings. The maximum atomic E-state index is 11.6. The third-order valence-electron chi connectivity index (χ3n) is 2.20. The first-order valence-electron chi connectivity index (χ1n) is 5.43. The number of aromatic nitrogens is 2. The molecule has 0 unspecified atom stereocenters. The summed E-state index contributed by atoms with van der Waals surface area (Å²) < 4.78 is 0. The fraction of sp³-hybridized carbons (Fsp3) is 0.0769. The van der Waals surface area contributed by atoms with E-state index in [1.165, 1.54) is 12.4 Å². The molecule has 90 valence electrons. The van der Waals surface area contributed by atoms with Crippen LogP contribution in [-0.2, 0) is 0 Å². The molecule has 2 aromatic heterocycles. The summed E-state index contributed by atoms with van der Waals surface area (Å²) in [6, 6.07) is 8.95. The Morgan fingerprint density at radius 2 is 2.22 bits per heavy atom. The number of nitrogens with zero attached hydrogens (tertiary/aromatic N) is 3. The lowest BCUT2D eigenvalue weighted by atomic mass is 10.3. The predicted molar refractivity (Wildman–Crippen MR) is 68.3 cm³/mol. The molecule has 5 heteroatoms. The summed E-state index contributed by atoms with van der Waals surface area (Å²) in [7, 11) is 0. The van der Waals surface area contributed by atoms with Crippen LogP contribution in [-0.4, -0.2) is 22.1 Å². The van der Waals surface area contributed by atoms with Crippen LogP contribution in [0, 0.1) is 6.92 Å². The minimum absolute atomic E-state index is 0.299. The van der Waals surface area contributed by atoms with E-state index in [0.717, 1.165) is 5.69 Å². The van der Waals surface area contributed by atoms with Gasteiger partial charge in [-0.25, -0.2) is 5.43 Å². The molecule has 0 aromatic carbocycles. The average molecular weight is 240 g/mol. The summed E-state index contributed by atoms with van der Waals surface area (Å²) >= 11 is 0. The quantitative estimate of drug-likeness (QED) is 0.653. The predicted octanol–water partition coefficient (Wildman–Crippen LogP) is 1.55. The van der Waals surface area contributed by atoms with Gasteiger partial charge in [-0.1, -0.05) is 6.07 Å². The molecule has 0 atom stereocenters. The van der Waals surface area contributed by atoms with Crippen LogP contribution < -0.4 is 5.43 Å². The number of nitrogens with one attached hydrogen (secondary N) is 1. The van der Waals surface area contributed by atoms with Gasteiger partial charge in [0.1, 0.15) is 0 Å². The van der Waals surface area contributed by atoms with Crippen LogP contribution in [0.4, 0.5) is 0 Å². The zero-order chi connectivity index (χ0) is 12.8. The van der Waals surface area contributed by atoms with Crippen molar-refractivity contribution in [2.24, 2.45) is 5.10 Å². The van der Waals surface area contributed by atoms with Crippen LogP contribution in [0.25, 0.3) is 0 Å². The fourth-order valence-electron chi connectivity index (χ4n) is 1.35. The van der Waals surface area contributed by atoms with Gasteiger partial charge in [-0.15, -0.1) is 0 Å². The number of amides is 1. The van der Waals surface area contributed by atoms with Crippen LogP contribution in [0.15, 0.2) is 47.8 Å². The number of aryl methyl sites for hydroxylation is 1. The van der Waals surface area contributed by atoms with E-state index in [4.69, 9.17) is 0 Å². The first-order valence-corrected chi connectivity index (χ1v) is 5.43. The first kappa shape index (κ1) is 11.9. The summed E-state index contributed by atoms with van der Waals surface area (Å²) in [5.41, 5.74) is 4.48. The molecule has 0 radical (unpaired) electrons. The molecule has 0 saturated heterocycles. The molecule has 0 aliphatic carbocycles. The standard InChI is InChI=1S/C13H12N4O/c1-10-4-2-6-12(16-10)9-15-17-13(18)11-5-3-7-14-8-11/h2-9H,1H3,(H,17,18)/b15-9-. The molecule has 0 aliphatic heterocycles. The van der Waals surface area contributed by atoms with E-state index in [2.05, 4.69) is 20.5 Å². The van der Waals surface area contributed by atoms with Gasteiger partial charge in [0.25, 0.3) is 5.91 Å². The molecular weight excluding hydrogens is 228 g/mol. The Kier molecular flexibility index (Phi) is 3.76. The maximum absolute atomic E-state index is 11.6. The SMILES string of the molecule is Cc1cccc(/C=N\NC(=O)c2cccnc2)n1. The highest BCUT2D eigenvalue weighted by Gasteiger charge is 2.02. The summed E-state index contributed by atoms with van der Waals surface area (Å²) in [5, 5.41) is 3.84. The topological polar surface area (TPSA) is 67.2 Å². The molecule has 1 N–H and O–H groups in total. The zero-order valence-corrected chi connectivity index (χ0v) is 9.87. The van der Waals surface area contributed by atoms with Gasteiger partial charge in [-0.2, -0.15) is 5.10 Å². The summed E-state index contributed by atoms with van der Waals surface area (Å²) in [6.07, 6.45) is 4.59. The lowest BCUT2D eigenvalue weighted by molar-refractivity contribution is 0.0955. The second-order valence-electron chi connectivity index (χ2n) is 3.64. The van der Waals surface area contributed by atoms with Crippen molar-refractivity contribution in [3.05, 3.63) is 59.7 Å². The Labute approximate surface area is 105 Å². The molecule has 2 rings (SSSR count). The normalized spacial score (nSPS) is 10.5. The van der Waals surface area contributed by atoms with Crippen LogP contribution in [0.2, 0.25) is 0 Å². The molecule has 0 spiro atoms. The largest absolute Gasteiger partial charge is 0.272 e. The van der Waals surface area contributed by atoms with Crippen molar-refractivity contribution in [1.29, 1.82) is 0 Å². The van der Waals surface area contributed by atoms with Crippen LogP contribution in [0.1, 0.15) is 21.7 Å². The average Bonchev–Trinajstić information content (AvgIpc) is 2.40. The number of hydrazone groups is 1. The van der Waals surface area contributed by atoms with E-state index in [1.54, 1.807) is 18.3 Å². The van der Waals surface area contributed by atoms with E-state index in [-0.39, 0.29) is 5.91 Å². The molecule has 18 heavy (non-hydrogen) atoms. The summed E-state index contributed by atoms with van der Waals surface area (Å²) in [5.74, 6) is -0.299. The van der Waals surface area contributed by atoms with Gasteiger partial charge >= 0.3 is 0 Å². The number of hydrogen-bond donors (Lipinski definition) is 1.